The van der Waals surface area contributed by atoms with Crippen LogP contribution in [0.15, 0.2) is 48.5 Å². The lowest BCUT2D eigenvalue weighted by atomic mass is 10.0. The standard InChI is InChI=1S/C20H25FN2O3S/c1-14(2)18-7-5-6-8-19(18)23(27(4,25)26)13-20(24)22-15(3)16-9-11-17(21)12-10-16/h5-12,14-15H,13H2,1-4H3,(H,22,24)/t15-/m0/s1. The summed E-state index contributed by atoms with van der Waals surface area (Å²) < 4.78 is 38.8. The number of para-hydroxylation sites is 1. The second-order valence-corrected chi connectivity index (χ2v) is 8.73. The first-order valence-corrected chi connectivity index (χ1v) is 10.6. The van der Waals surface area contributed by atoms with Crippen LogP contribution in [0.25, 0.3) is 0 Å². The van der Waals surface area contributed by atoms with Gasteiger partial charge in [0.25, 0.3) is 0 Å². The first-order chi connectivity index (χ1) is 12.6. The third kappa shape index (κ3) is 5.53. The summed E-state index contributed by atoms with van der Waals surface area (Å²) in [5, 5.41) is 2.77. The van der Waals surface area contributed by atoms with Crippen LogP contribution in [0.3, 0.4) is 0 Å². The van der Waals surface area contributed by atoms with Crippen LogP contribution in [-0.4, -0.2) is 27.1 Å². The van der Waals surface area contributed by atoms with E-state index in [1.807, 2.05) is 26.0 Å². The molecule has 0 aliphatic carbocycles. The van der Waals surface area contributed by atoms with E-state index in [9.17, 15) is 17.6 Å². The molecule has 0 unspecified atom stereocenters. The summed E-state index contributed by atoms with van der Waals surface area (Å²) in [6.07, 6.45) is 1.08. The summed E-state index contributed by atoms with van der Waals surface area (Å²) in [4.78, 5) is 12.5. The largest absolute Gasteiger partial charge is 0.348 e. The van der Waals surface area contributed by atoms with E-state index in [-0.39, 0.29) is 24.3 Å². The van der Waals surface area contributed by atoms with E-state index < -0.39 is 15.9 Å². The minimum absolute atomic E-state index is 0.103. The van der Waals surface area contributed by atoms with E-state index in [0.29, 0.717) is 5.69 Å². The van der Waals surface area contributed by atoms with Gasteiger partial charge in [-0.05, 0) is 42.2 Å². The van der Waals surface area contributed by atoms with Crippen molar-refractivity contribution in [2.24, 2.45) is 0 Å². The van der Waals surface area contributed by atoms with Crippen molar-refractivity contribution in [2.75, 3.05) is 17.1 Å². The van der Waals surface area contributed by atoms with E-state index in [0.717, 1.165) is 21.7 Å². The maximum atomic E-state index is 13.0. The highest BCUT2D eigenvalue weighted by Crippen LogP contribution is 2.28. The van der Waals surface area contributed by atoms with Crippen molar-refractivity contribution in [3.8, 4) is 0 Å². The second-order valence-electron chi connectivity index (χ2n) is 6.82. The third-order valence-electron chi connectivity index (χ3n) is 4.26. The topological polar surface area (TPSA) is 66.5 Å². The summed E-state index contributed by atoms with van der Waals surface area (Å²) in [6, 6.07) is 12.6. The van der Waals surface area contributed by atoms with Crippen LogP contribution >= 0.6 is 0 Å². The molecule has 1 atom stereocenters. The first-order valence-electron chi connectivity index (χ1n) is 8.71. The van der Waals surface area contributed by atoms with Crippen LogP contribution in [-0.2, 0) is 14.8 Å². The number of hydrogen-bond donors (Lipinski definition) is 1. The van der Waals surface area contributed by atoms with Crippen molar-refractivity contribution >= 4 is 21.6 Å². The van der Waals surface area contributed by atoms with Crippen molar-refractivity contribution in [3.63, 3.8) is 0 Å². The van der Waals surface area contributed by atoms with Crippen molar-refractivity contribution in [2.45, 2.75) is 32.7 Å². The molecular weight excluding hydrogens is 367 g/mol. The number of anilines is 1. The number of hydrogen-bond acceptors (Lipinski definition) is 3. The predicted octanol–water partition coefficient (Wildman–Crippen LogP) is 3.59. The Morgan fingerprint density at radius 3 is 2.22 bits per heavy atom. The van der Waals surface area contributed by atoms with Crippen LogP contribution in [0.4, 0.5) is 10.1 Å². The van der Waals surface area contributed by atoms with Crippen LogP contribution in [0.1, 0.15) is 43.9 Å². The smallest absolute Gasteiger partial charge is 0.241 e. The molecule has 2 aromatic carbocycles. The second kappa shape index (κ2) is 8.52. The number of carbonyl (C=O) groups excluding carboxylic acids is 1. The van der Waals surface area contributed by atoms with Gasteiger partial charge in [-0.3, -0.25) is 9.10 Å². The summed E-state index contributed by atoms with van der Waals surface area (Å²) in [5.74, 6) is -0.687. The van der Waals surface area contributed by atoms with Crippen LogP contribution in [0.2, 0.25) is 0 Å². The molecule has 0 saturated heterocycles. The van der Waals surface area contributed by atoms with Gasteiger partial charge in [0.15, 0.2) is 0 Å². The monoisotopic (exact) mass is 392 g/mol. The van der Waals surface area contributed by atoms with E-state index >= 15 is 0 Å². The van der Waals surface area contributed by atoms with Gasteiger partial charge in [-0.2, -0.15) is 0 Å². The van der Waals surface area contributed by atoms with Crippen LogP contribution < -0.4 is 9.62 Å². The zero-order valence-electron chi connectivity index (χ0n) is 15.9. The summed E-state index contributed by atoms with van der Waals surface area (Å²) in [6.45, 7) is 5.37. The fraction of sp³-hybridized carbons (Fsp3) is 0.350. The molecule has 5 nitrogen and oxygen atoms in total. The van der Waals surface area contributed by atoms with Crippen molar-refractivity contribution in [3.05, 3.63) is 65.5 Å². The Morgan fingerprint density at radius 1 is 1.07 bits per heavy atom. The molecule has 0 aliphatic rings. The molecule has 0 aromatic heterocycles. The van der Waals surface area contributed by atoms with Gasteiger partial charge in [0, 0.05) is 0 Å². The Labute approximate surface area is 160 Å². The summed E-state index contributed by atoms with van der Waals surface area (Å²) in [5.41, 5.74) is 2.08. The number of nitrogens with one attached hydrogen (secondary N) is 1. The molecule has 0 radical (unpaired) electrons. The molecule has 0 bridgehead atoms. The Bertz CT molecular complexity index is 896. The Kier molecular flexibility index (Phi) is 6.59. The van der Waals surface area contributed by atoms with Gasteiger partial charge in [0.05, 0.1) is 18.0 Å². The quantitative estimate of drug-likeness (QED) is 0.783. The lowest BCUT2D eigenvalue weighted by molar-refractivity contribution is -0.120. The fourth-order valence-electron chi connectivity index (χ4n) is 2.84. The molecule has 2 rings (SSSR count). The minimum atomic E-state index is -3.65. The molecule has 0 saturated carbocycles. The molecule has 0 heterocycles. The van der Waals surface area contributed by atoms with Gasteiger partial charge < -0.3 is 5.32 Å². The SMILES string of the molecule is CC(C)c1ccccc1N(CC(=O)N[C@@H](C)c1ccc(F)cc1)S(C)(=O)=O. The molecular formula is C20H25FN2O3S. The molecule has 1 N–H and O–H groups in total. The van der Waals surface area contributed by atoms with E-state index in [1.54, 1.807) is 31.2 Å². The first kappa shape index (κ1) is 20.9. The van der Waals surface area contributed by atoms with Gasteiger partial charge in [-0.1, -0.05) is 44.2 Å². The zero-order valence-corrected chi connectivity index (χ0v) is 16.8. The number of amides is 1. The zero-order chi connectivity index (χ0) is 20.2. The molecule has 7 heteroatoms. The summed E-state index contributed by atoms with van der Waals surface area (Å²) >= 11 is 0. The number of carbonyl (C=O) groups is 1. The minimum Gasteiger partial charge on any atom is -0.348 e. The van der Waals surface area contributed by atoms with Crippen LogP contribution in [0.5, 0.6) is 0 Å². The normalized spacial score (nSPS) is 12.7. The van der Waals surface area contributed by atoms with Gasteiger partial charge in [-0.15, -0.1) is 0 Å². The van der Waals surface area contributed by atoms with Crippen LogP contribution in [0, 0.1) is 5.82 Å². The Balaban J connectivity index is 2.22. The molecule has 0 aliphatic heterocycles. The number of rotatable bonds is 7. The molecule has 0 fully saturated rings. The highest BCUT2D eigenvalue weighted by Gasteiger charge is 2.24. The lowest BCUT2D eigenvalue weighted by Crippen LogP contribution is -2.41. The van der Waals surface area contributed by atoms with Gasteiger partial charge in [0.1, 0.15) is 12.4 Å². The molecule has 27 heavy (non-hydrogen) atoms. The number of halogens is 1. The fourth-order valence-corrected chi connectivity index (χ4v) is 3.71. The molecule has 0 spiro atoms. The van der Waals surface area contributed by atoms with Gasteiger partial charge in [-0.25, -0.2) is 12.8 Å². The van der Waals surface area contributed by atoms with Gasteiger partial charge >= 0.3 is 0 Å². The highest BCUT2D eigenvalue weighted by molar-refractivity contribution is 7.92. The highest BCUT2D eigenvalue weighted by atomic mass is 32.2. The van der Waals surface area contributed by atoms with Gasteiger partial charge in [0.2, 0.25) is 15.9 Å². The molecule has 1 amide bonds. The summed E-state index contributed by atoms with van der Waals surface area (Å²) in [7, 11) is -3.65. The Morgan fingerprint density at radius 2 is 1.67 bits per heavy atom. The predicted molar refractivity (Wildman–Crippen MR) is 106 cm³/mol. The molecule has 146 valence electrons. The third-order valence-corrected chi connectivity index (χ3v) is 5.39. The molecule has 2 aromatic rings. The van der Waals surface area contributed by atoms with E-state index in [1.165, 1.54) is 12.1 Å². The van der Waals surface area contributed by atoms with Crippen molar-refractivity contribution < 1.29 is 17.6 Å². The van der Waals surface area contributed by atoms with E-state index in [4.69, 9.17) is 0 Å². The lowest BCUT2D eigenvalue weighted by Gasteiger charge is -2.26. The maximum absolute atomic E-state index is 13.0. The number of benzene rings is 2. The van der Waals surface area contributed by atoms with E-state index in [2.05, 4.69) is 5.32 Å². The number of nitrogens with zero attached hydrogens (tertiary/aromatic N) is 1. The number of sulfonamides is 1. The van der Waals surface area contributed by atoms with Crippen molar-refractivity contribution in [1.82, 2.24) is 5.32 Å². The maximum Gasteiger partial charge on any atom is 0.241 e. The Hall–Kier alpha value is -2.41. The average molecular weight is 392 g/mol. The average Bonchev–Trinajstić information content (AvgIpc) is 2.59. The van der Waals surface area contributed by atoms with Crippen molar-refractivity contribution in [1.29, 1.82) is 0 Å².